The summed E-state index contributed by atoms with van der Waals surface area (Å²) in [5.41, 5.74) is 4.81. The quantitative estimate of drug-likeness (QED) is 0.554. The van der Waals surface area contributed by atoms with Crippen LogP contribution in [0.2, 0.25) is 0 Å². The lowest BCUT2D eigenvalue weighted by atomic mass is 9.87. The molecule has 4 heteroatoms. The third-order valence-electron chi connectivity index (χ3n) is 5.58. The van der Waals surface area contributed by atoms with Crippen LogP contribution in [-0.2, 0) is 19.3 Å². The summed E-state index contributed by atoms with van der Waals surface area (Å²) in [7, 11) is 0. The van der Waals surface area contributed by atoms with Gasteiger partial charge in [0.1, 0.15) is 0 Å². The molecule has 3 nitrogen and oxygen atoms in total. The molecule has 0 spiro atoms. The number of aryl methyl sites for hydroxylation is 3. The maximum absolute atomic E-state index is 12.9. The van der Waals surface area contributed by atoms with Crippen molar-refractivity contribution in [1.29, 1.82) is 0 Å². The Morgan fingerprint density at radius 1 is 1.19 bits per heavy atom. The Morgan fingerprint density at radius 2 is 1.85 bits per heavy atom. The zero-order chi connectivity index (χ0) is 19.1. The zero-order valence-corrected chi connectivity index (χ0v) is 17.9. The summed E-state index contributed by atoms with van der Waals surface area (Å²) in [6, 6.07) is 4.73. The number of amides is 2. The normalized spacial score (nSPS) is 20.0. The summed E-state index contributed by atoms with van der Waals surface area (Å²) >= 11 is 4.61. The molecular weight excluding hydrogens is 340 g/mol. The largest absolute Gasteiger partial charge is 0.334 e. The van der Waals surface area contributed by atoms with E-state index in [1.807, 2.05) is 0 Å². The third kappa shape index (κ3) is 5.42. The monoisotopic (exact) mass is 376 g/mol. The first-order chi connectivity index (χ1) is 12.5. The number of anilines is 1. The Hall–Kier alpha value is -1.16. The van der Waals surface area contributed by atoms with Gasteiger partial charge in [-0.25, -0.2) is 9.10 Å². The summed E-state index contributed by atoms with van der Waals surface area (Å²) in [6.07, 6.45) is 9.96. The van der Waals surface area contributed by atoms with Crippen LogP contribution < -0.4 is 9.62 Å². The number of urea groups is 1. The summed E-state index contributed by atoms with van der Waals surface area (Å²) in [5, 5.41) is 3.21. The first-order valence-corrected chi connectivity index (χ1v) is 10.8. The Labute approximate surface area is 165 Å². The Balaban J connectivity index is 2.20. The fourth-order valence-electron chi connectivity index (χ4n) is 4.07. The minimum atomic E-state index is -0.0851. The van der Waals surface area contributed by atoms with E-state index in [4.69, 9.17) is 0 Å². The molecule has 0 saturated heterocycles. The van der Waals surface area contributed by atoms with E-state index in [2.05, 4.69) is 58.0 Å². The second-order valence-electron chi connectivity index (χ2n) is 7.80. The number of hydrogen-bond acceptors (Lipinski definition) is 2. The molecule has 0 heterocycles. The van der Waals surface area contributed by atoms with Crippen molar-refractivity contribution in [3.8, 4) is 0 Å². The van der Waals surface area contributed by atoms with Crippen molar-refractivity contribution in [3.05, 3.63) is 28.8 Å². The standard InChI is InChI=1S/C22H36N2OS/c1-5-8-11-17-14-18(6-2)21(19(7-3)15-17)24(26)22(25)23-20-12-9-10-16(4)13-20/h14-16,20,26H,5-13H2,1-4H3,(H,23,25). The van der Waals surface area contributed by atoms with Gasteiger partial charge in [0.15, 0.2) is 0 Å². The van der Waals surface area contributed by atoms with Crippen LogP contribution in [0.25, 0.3) is 0 Å². The van der Waals surface area contributed by atoms with Crippen molar-refractivity contribution in [3.63, 3.8) is 0 Å². The van der Waals surface area contributed by atoms with E-state index in [1.54, 1.807) is 4.31 Å². The van der Waals surface area contributed by atoms with Gasteiger partial charge >= 0.3 is 6.03 Å². The fraction of sp³-hybridized carbons (Fsp3) is 0.682. The van der Waals surface area contributed by atoms with Gasteiger partial charge in [-0.05, 0) is 61.1 Å². The second-order valence-corrected chi connectivity index (χ2v) is 8.20. The van der Waals surface area contributed by atoms with E-state index in [1.165, 1.54) is 42.4 Å². The number of carbonyl (C=O) groups excluding carboxylic acids is 1. The van der Waals surface area contributed by atoms with Crippen LogP contribution in [0.4, 0.5) is 10.5 Å². The molecule has 1 aromatic carbocycles. The lowest BCUT2D eigenvalue weighted by Gasteiger charge is -2.30. The summed E-state index contributed by atoms with van der Waals surface area (Å²) in [4.78, 5) is 12.9. The minimum Gasteiger partial charge on any atom is -0.334 e. The number of rotatable bonds is 7. The van der Waals surface area contributed by atoms with E-state index in [-0.39, 0.29) is 12.1 Å². The molecule has 1 saturated carbocycles. The molecule has 1 aliphatic rings. The Bertz CT molecular complexity index is 577. The van der Waals surface area contributed by atoms with E-state index < -0.39 is 0 Å². The van der Waals surface area contributed by atoms with Gasteiger partial charge in [0.2, 0.25) is 0 Å². The molecule has 1 N–H and O–H groups in total. The van der Waals surface area contributed by atoms with Crippen LogP contribution in [0, 0.1) is 5.92 Å². The molecule has 1 fully saturated rings. The number of nitrogens with one attached hydrogen (secondary N) is 1. The highest BCUT2D eigenvalue weighted by molar-refractivity contribution is 7.82. The van der Waals surface area contributed by atoms with E-state index in [0.717, 1.165) is 37.8 Å². The molecule has 0 aliphatic heterocycles. The molecule has 26 heavy (non-hydrogen) atoms. The van der Waals surface area contributed by atoms with Gasteiger partial charge in [0, 0.05) is 6.04 Å². The maximum Gasteiger partial charge on any atom is 0.332 e. The summed E-state index contributed by atoms with van der Waals surface area (Å²) in [6.45, 7) is 8.81. The predicted molar refractivity (Wildman–Crippen MR) is 115 cm³/mol. The Kier molecular flexibility index (Phi) is 8.33. The third-order valence-corrected chi connectivity index (χ3v) is 5.96. The highest BCUT2D eigenvalue weighted by Gasteiger charge is 2.24. The fourth-order valence-corrected chi connectivity index (χ4v) is 4.39. The Morgan fingerprint density at radius 3 is 2.38 bits per heavy atom. The van der Waals surface area contributed by atoms with Gasteiger partial charge in [-0.3, -0.25) is 0 Å². The van der Waals surface area contributed by atoms with Crippen LogP contribution in [0.3, 0.4) is 0 Å². The van der Waals surface area contributed by atoms with E-state index in [0.29, 0.717) is 5.92 Å². The van der Waals surface area contributed by atoms with Crippen LogP contribution in [0.15, 0.2) is 12.1 Å². The highest BCUT2D eigenvalue weighted by atomic mass is 32.1. The first-order valence-electron chi connectivity index (χ1n) is 10.4. The number of carbonyl (C=O) groups is 1. The molecule has 1 aromatic rings. The van der Waals surface area contributed by atoms with Gasteiger partial charge in [0.25, 0.3) is 0 Å². The van der Waals surface area contributed by atoms with Crippen molar-refractivity contribution in [1.82, 2.24) is 5.32 Å². The van der Waals surface area contributed by atoms with Crippen molar-refractivity contribution in [2.75, 3.05) is 4.31 Å². The van der Waals surface area contributed by atoms with Crippen LogP contribution in [-0.4, -0.2) is 12.1 Å². The van der Waals surface area contributed by atoms with Gasteiger partial charge in [0.05, 0.1) is 5.69 Å². The van der Waals surface area contributed by atoms with Crippen molar-refractivity contribution in [2.45, 2.75) is 91.5 Å². The molecule has 1 aliphatic carbocycles. The van der Waals surface area contributed by atoms with Gasteiger partial charge in [-0.15, -0.1) is 0 Å². The highest BCUT2D eigenvalue weighted by Crippen LogP contribution is 2.31. The number of hydrogen-bond donors (Lipinski definition) is 2. The smallest absolute Gasteiger partial charge is 0.332 e. The van der Waals surface area contributed by atoms with Crippen LogP contribution >= 0.6 is 12.8 Å². The molecule has 2 rings (SSSR count). The van der Waals surface area contributed by atoms with E-state index >= 15 is 0 Å². The SMILES string of the molecule is CCCCc1cc(CC)c(N(S)C(=O)NC2CCCC(C)C2)c(CC)c1. The lowest BCUT2D eigenvalue weighted by molar-refractivity contribution is 0.236. The lowest BCUT2D eigenvalue weighted by Crippen LogP contribution is -2.43. The zero-order valence-electron chi connectivity index (χ0n) is 17.0. The molecule has 2 atom stereocenters. The van der Waals surface area contributed by atoms with Gasteiger partial charge in [-0.1, -0.05) is 71.9 Å². The first kappa shape index (κ1) is 21.1. The topological polar surface area (TPSA) is 32.3 Å². The molecular formula is C22H36N2OS. The minimum absolute atomic E-state index is 0.0851. The molecule has 0 aromatic heterocycles. The van der Waals surface area contributed by atoms with Crippen molar-refractivity contribution in [2.24, 2.45) is 5.92 Å². The van der Waals surface area contributed by atoms with Gasteiger partial charge < -0.3 is 5.32 Å². The molecule has 2 amide bonds. The van der Waals surface area contributed by atoms with Crippen LogP contribution in [0.5, 0.6) is 0 Å². The number of unbranched alkanes of at least 4 members (excludes halogenated alkanes) is 1. The molecule has 146 valence electrons. The van der Waals surface area contributed by atoms with Crippen molar-refractivity contribution < 1.29 is 4.79 Å². The number of benzene rings is 1. The maximum atomic E-state index is 12.9. The molecule has 0 radical (unpaired) electrons. The predicted octanol–water partition coefficient (Wildman–Crippen LogP) is 6.09. The number of thiol groups is 1. The summed E-state index contributed by atoms with van der Waals surface area (Å²) < 4.78 is 1.56. The average molecular weight is 377 g/mol. The van der Waals surface area contributed by atoms with Crippen LogP contribution in [0.1, 0.15) is 82.9 Å². The number of nitrogens with zero attached hydrogens (tertiary/aromatic N) is 1. The molecule has 2 unspecified atom stereocenters. The van der Waals surface area contributed by atoms with Crippen molar-refractivity contribution >= 4 is 24.5 Å². The van der Waals surface area contributed by atoms with E-state index in [9.17, 15) is 4.79 Å². The average Bonchev–Trinajstić information content (AvgIpc) is 2.64. The summed E-state index contributed by atoms with van der Waals surface area (Å²) in [5.74, 6) is 0.692. The molecule has 0 bridgehead atoms. The van der Waals surface area contributed by atoms with Gasteiger partial charge in [-0.2, -0.15) is 0 Å². The second kappa shape index (κ2) is 10.2.